The summed E-state index contributed by atoms with van der Waals surface area (Å²) in [6.45, 7) is 2.41. The van der Waals surface area contributed by atoms with E-state index in [0.717, 1.165) is 5.69 Å². The molecule has 3 heteroatoms. The molecule has 0 radical (unpaired) electrons. The van der Waals surface area contributed by atoms with E-state index >= 15 is 0 Å². The van der Waals surface area contributed by atoms with E-state index in [1.165, 1.54) is 43.6 Å². The first kappa shape index (κ1) is 10.8. The van der Waals surface area contributed by atoms with Crippen LogP contribution >= 0.6 is 11.3 Å². The molecule has 0 unspecified atom stereocenters. The topological polar surface area (TPSA) is 16.1 Å². The molecule has 0 spiro atoms. The zero-order valence-electron chi connectivity index (χ0n) is 9.80. The van der Waals surface area contributed by atoms with Crippen molar-refractivity contribution in [1.29, 1.82) is 0 Å². The first-order valence-electron chi connectivity index (χ1n) is 6.17. The van der Waals surface area contributed by atoms with Crippen LogP contribution in [0.3, 0.4) is 0 Å². The van der Waals surface area contributed by atoms with Crippen LogP contribution in [0.15, 0.2) is 35.2 Å². The summed E-state index contributed by atoms with van der Waals surface area (Å²) >= 11 is 1.65. The van der Waals surface area contributed by atoms with Crippen molar-refractivity contribution >= 4 is 17.0 Å². The summed E-state index contributed by atoms with van der Waals surface area (Å²) < 4.78 is 0. The van der Waals surface area contributed by atoms with Crippen LogP contribution in [0.2, 0.25) is 0 Å². The number of aromatic nitrogens is 1. The van der Waals surface area contributed by atoms with Crippen molar-refractivity contribution < 1.29 is 0 Å². The predicted octanol–water partition coefficient (Wildman–Crippen LogP) is 3.80. The number of hydrogen-bond acceptors (Lipinski definition) is 3. The minimum atomic E-state index is 1.08. The summed E-state index contributed by atoms with van der Waals surface area (Å²) in [5, 5.41) is 2.09. The fraction of sp³-hybridized carbons (Fsp3) is 0.357. The van der Waals surface area contributed by atoms with Gasteiger partial charge in [0.05, 0.1) is 11.2 Å². The van der Waals surface area contributed by atoms with Crippen molar-refractivity contribution in [1.82, 2.24) is 4.98 Å². The fourth-order valence-electron chi connectivity index (χ4n) is 2.35. The summed E-state index contributed by atoms with van der Waals surface area (Å²) in [4.78, 5) is 6.81. The van der Waals surface area contributed by atoms with Gasteiger partial charge in [0.25, 0.3) is 0 Å². The summed E-state index contributed by atoms with van der Waals surface area (Å²) in [6.07, 6.45) is 4.04. The van der Waals surface area contributed by atoms with Crippen LogP contribution in [-0.4, -0.2) is 18.1 Å². The highest BCUT2D eigenvalue weighted by molar-refractivity contribution is 7.07. The molecule has 3 rings (SSSR count). The van der Waals surface area contributed by atoms with Crippen LogP contribution in [0.1, 0.15) is 19.3 Å². The highest BCUT2D eigenvalue weighted by atomic mass is 32.1. The molecule has 1 saturated heterocycles. The zero-order chi connectivity index (χ0) is 11.5. The first-order valence-corrected chi connectivity index (χ1v) is 7.11. The van der Waals surface area contributed by atoms with Crippen LogP contribution in [0.4, 0.5) is 5.69 Å². The van der Waals surface area contributed by atoms with Crippen LogP contribution < -0.4 is 4.90 Å². The molecule has 1 aliphatic rings. The van der Waals surface area contributed by atoms with Gasteiger partial charge in [0.15, 0.2) is 0 Å². The number of hydrogen-bond donors (Lipinski definition) is 0. The molecule has 2 aromatic rings. The van der Waals surface area contributed by atoms with Crippen LogP contribution in [0, 0.1) is 0 Å². The molecule has 2 heterocycles. The van der Waals surface area contributed by atoms with Gasteiger partial charge in [-0.05, 0) is 31.4 Å². The van der Waals surface area contributed by atoms with E-state index in [-0.39, 0.29) is 0 Å². The largest absolute Gasteiger partial charge is 0.372 e. The summed E-state index contributed by atoms with van der Waals surface area (Å²) in [5.41, 5.74) is 5.53. The molecular weight excluding hydrogens is 228 g/mol. The lowest BCUT2D eigenvalue weighted by Crippen LogP contribution is -2.29. The lowest BCUT2D eigenvalue weighted by atomic mass is 10.1. The fourth-order valence-corrected chi connectivity index (χ4v) is 2.91. The standard InChI is InChI=1S/C14H16N2S/c1-2-8-16(9-3-1)13-6-4-12(5-7-13)14-10-17-11-15-14/h4-7,10-11H,1-3,8-9H2. The molecule has 1 aliphatic heterocycles. The molecular formula is C14H16N2S. The Labute approximate surface area is 106 Å². The van der Waals surface area contributed by atoms with Gasteiger partial charge in [-0.3, -0.25) is 0 Å². The Balaban J connectivity index is 1.80. The van der Waals surface area contributed by atoms with Crippen molar-refractivity contribution in [2.75, 3.05) is 18.0 Å². The van der Waals surface area contributed by atoms with Gasteiger partial charge < -0.3 is 4.90 Å². The molecule has 2 nitrogen and oxygen atoms in total. The Hall–Kier alpha value is -1.35. The Morgan fingerprint density at radius 3 is 2.41 bits per heavy atom. The zero-order valence-corrected chi connectivity index (χ0v) is 10.6. The van der Waals surface area contributed by atoms with Gasteiger partial charge in [-0.15, -0.1) is 11.3 Å². The monoisotopic (exact) mass is 244 g/mol. The molecule has 0 saturated carbocycles. The number of benzene rings is 1. The van der Waals surface area contributed by atoms with Gasteiger partial charge in [0, 0.05) is 29.7 Å². The second kappa shape index (κ2) is 4.88. The van der Waals surface area contributed by atoms with Crippen LogP contribution in [-0.2, 0) is 0 Å². The summed E-state index contributed by atoms with van der Waals surface area (Å²) in [5.74, 6) is 0. The average Bonchev–Trinajstić information content (AvgIpc) is 2.94. The number of piperidine rings is 1. The van der Waals surface area contributed by atoms with Crippen LogP contribution in [0.5, 0.6) is 0 Å². The van der Waals surface area contributed by atoms with Gasteiger partial charge in [0.2, 0.25) is 0 Å². The highest BCUT2D eigenvalue weighted by Crippen LogP contribution is 2.24. The Morgan fingerprint density at radius 2 is 1.76 bits per heavy atom. The normalized spacial score (nSPS) is 16.1. The minimum Gasteiger partial charge on any atom is -0.372 e. The Bertz CT molecular complexity index is 455. The third-order valence-electron chi connectivity index (χ3n) is 3.32. The van der Waals surface area contributed by atoms with E-state index < -0.39 is 0 Å². The molecule has 1 aromatic heterocycles. The molecule has 1 fully saturated rings. The smallest absolute Gasteiger partial charge is 0.0811 e. The number of anilines is 1. The molecule has 88 valence electrons. The van der Waals surface area contributed by atoms with E-state index in [2.05, 4.69) is 39.5 Å². The molecule has 0 aliphatic carbocycles. The maximum absolute atomic E-state index is 4.33. The van der Waals surface area contributed by atoms with Crippen molar-refractivity contribution in [2.45, 2.75) is 19.3 Å². The summed E-state index contributed by atoms with van der Waals surface area (Å²) in [7, 11) is 0. The predicted molar refractivity (Wildman–Crippen MR) is 73.6 cm³/mol. The Kier molecular flexibility index (Phi) is 3.10. The maximum Gasteiger partial charge on any atom is 0.0811 e. The van der Waals surface area contributed by atoms with Gasteiger partial charge >= 0.3 is 0 Å². The second-order valence-corrected chi connectivity index (χ2v) is 5.19. The third kappa shape index (κ3) is 2.34. The molecule has 17 heavy (non-hydrogen) atoms. The SMILES string of the molecule is c1nc(-c2ccc(N3CCCCC3)cc2)cs1. The Morgan fingerprint density at radius 1 is 1.00 bits per heavy atom. The second-order valence-electron chi connectivity index (χ2n) is 4.47. The average molecular weight is 244 g/mol. The third-order valence-corrected chi connectivity index (χ3v) is 3.90. The van der Waals surface area contributed by atoms with E-state index in [1.54, 1.807) is 11.3 Å². The van der Waals surface area contributed by atoms with Gasteiger partial charge in [0.1, 0.15) is 0 Å². The quantitative estimate of drug-likeness (QED) is 0.798. The molecule has 0 amide bonds. The first-order chi connectivity index (χ1) is 8.43. The number of thiazole rings is 1. The van der Waals surface area contributed by atoms with Crippen molar-refractivity contribution in [3.8, 4) is 11.3 Å². The van der Waals surface area contributed by atoms with Crippen LogP contribution in [0.25, 0.3) is 11.3 Å². The van der Waals surface area contributed by atoms with E-state index in [1.807, 2.05) is 5.51 Å². The van der Waals surface area contributed by atoms with Crippen molar-refractivity contribution in [2.24, 2.45) is 0 Å². The van der Waals surface area contributed by atoms with Crippen molar-refractivity contribution in [3.05, 3.63) is 35.2 Å². The highest BCUT2D eigenvalue weighted by Gasteiger charge is 2.10. The molecule has 1 aromatic carbocycles. The summed E-state index contributed by atoms with van der Waals surface area (Å²) in [6, 6.07) is 8.80. The van der Waals surface area contributed by atoms with E-state index in [0.29, 0.717) is 0 Å². The minimum absolute atomic E-state index is 1.08. The maximum atomic E-state index is 4.33. The van der Waals surface area contributed by atoms with Gasteiger partial charge in [-0.1, -0.05) is 12.1 Å². The molecule has 0 N–H and O–H groups in total. The number of nitrogens with zero attached hydrogens (tertiary/aromatic N) is 2. The van der Waals surface area contributed by atoms with E-state index in [4.69, 9.17) is 0 Å². The number of rotatable bonds is 2. The molecule has 0 atom stereocenters. The van der Waals surface area contributed by atoms with Gasteiger partial charge in [-0.2, -0.15) is 0 Å². The van der Waals surface area contributed by atoms with E-state index in [9.17, 15) is 0 Å². The van der Waals surface area contributed by atoms with Crippen molar-refractivity contribution in [3.63, 3.8) is 0 Å². The lowest BCUT2D eigenvalue weighted by molar-refractivity contribution is 0.578. The van der Waals surface area contributed by atoms with Gasteiger partial charge in [-0.25, -0.2) is 4.98 Å². The lowest BCUT2D eigenvalue weighted by Gasteiger charge is -2.28. The molecule has 0 bridgehead atoms.